The first-order chi connectivity index (χ1) is 14.5. The van der Waals surface area contributed by atoms with Gasteiger partial charge in [-0.1, -0.05) is 31.0 Å². The molecule has 1 aromatic rings. The average molecular weight is 434 g/mol. The lowest BCUT2D eigenvalue weighted by atomic mass is 9.79. The predicted molar refractivity (Wildman–Crippen MR) is 118 cm³/mol. The Morgan fingerprint density at radius 2 is 1.93 bits per heavy atom. The third-order valence-corrected chi connectivity index (χ3v) is 8.08. The molecule has 1 aliphatic heterocycles. The Hall–Kier alpha value is -1.77. The zero-order chi connectivity index (χ0) is 21.3. The molecule has 5 unspecified atom stereocenters. The number of carbonyl (C=O) groups excluding carboxylic acids is 1. The van der Waals surface area contributed by atoms with Gasteiger partial charge >= 0.3 is 0 Å². The number of nitrogens with zero attached hydrogens (tertiary/aromatic N) is 2. The van der Waals surface area contributed by atoms with Crippen LogP contribution in [0.3, 0.4) is 0 Å². The van der Waals surface area contributed by atoms with Crippen LogP contribution < -0.4 is 10.5 Å². The summed E-state index contributed by atoms with van der Waals surface area (Å²) in [6, 6.07) is 7.15. The van der Waals surface area contributed by atoms with Crippen LogP contribution in [-0.2, 0) is 4.79 Å². The maximum absolute atomic E-state index is 12.1. The molecule has 0 radical (unpaired) electrons. The molecular formula is C22H31N3O4S. The number of amides is 1. The number of aliphatic hydroxyl groups excluding tert-OH is 2. The van der Waals surface area contributed by atoms with Gasteiger partial charge in [0, 0.05) is 11.8 Å². The van der Waals surface area contributed by atoms with Crippen LogP contribution in [0.25, 0.3) is 0 Å². The van der Waals surface area contributed by atoms with Crippen molar-refractivity contribution in [3.8, 4) is 5.75 Å². The Kier molecular flexibility index (Phi) is 6.55. The summed E-state index contributed by atoms with van der Waals surface area (Å²) in [6.07, 6.45) is 4.34. The van der Waals surface area contributed by atoms with Crippen molar-refractivity contribution in [3.05, 3.63) is 24.3 Å². The van der Waals surface area contributed by atoms with Crippen molar-refractivity contribution in [2.45, 2.75) is 62.0 Å². The van der Waals surface area contributed by atoms with E-state index in [1.807, 2.05) is 24.3 Å². The summed E-state index contributed by atoms with van der Waals surface area (Å²) in [4.78, 5) is 19.1. The van der Waals surface area contributed by atoms with Gasteiger partial charge in [-0.25, -0.2) is 4.99 Å². The zero-order valence-corrected chi connectivity index (χ0v) is 18.1. The zero-order valence-electron chi connectivity index (χ0n) is 17.3. The number of benzene rings is 1. The quantitative estimate of drug-likeness (QED) is 0.657. The van der Waals surface area contributed by atoms with Gasteiger partial charge in [-0.2, -0.15) is 0 Å². The van der Waals surface area contributed by atoms with Gasteiger partial charge in [0.15, 0.2) is 5.17 Å². The molecule has 2 saturated carbocycles. The van der Waals surface area contributed by atoms with Gasteiger partial charge in [-0.3, -0.25) is 4.79 Å². The molecular weight excluding hydrogens is 402 g/mol. The highest BCUT2D eigenvalue weighted by atomic mass is 32.2. The standard InChI is InChI=1S/C22H31N3O4S/c1-29-15-9-7-14(8-10-15)24-22-25(12-13-5-3-2-4-6-13)18-19(27)17(26)11-16(21(23)28)20(18)30-22/h7-10,13,16-20,26-27H,2-6,11-12H2,1H3,(H2,23,28). The van der Waals surface area contributed by atoms with Gasteiger partial charge in [0.1, 0.15) is 11.9 Å². The van der Waals surface area contributed by atoms with Gasteiger partial charge in [0.25, 0.3) is 0 Å². The van der Waals surface area contributed by atoms with Crippen LogP contribution >= 0.6 is 11.8 Å². The molecule has 4 N–H and O–H groups in total. The van der Waals surface area contributed by atoms with Gasteiger partial charge in [0.05, 0.1) is 30.9 Å². The SMILES string of the molecule is COc1ccc(N=C2SC3C(C(N)=O)CC(O)C(O)C3N2CC2CCCCC2)cc1. The number of primary amides is 1. The van der Waals surface area contributed by atoms with Crippen molar-refractivity contribution in [2.75, 3.05) is 13.7 Å². The number of rotatable bonds is 5. The number of aliphatic imine (C=N–C) groups is 1. The van der Waals surface area contributed by atoms with Crippen molar-refractivity contribution in [1.29, 1.82) is 0 Å². The van der Waals surface area contributed by atoms with Gasteiger partial charge in [0.2, 0.25) is 5.91 Å². The van der Waals surface area contributed by atoms with E-state index in [4.69, 9.17) is 15.5 Å². The van der Waals surface area contributed by atoms with Gasteiger partial charge in [-0.15, -0.1) is 0 Å². The first-order valence-corrected chi connectivity index (χ1v) is 11.7. The molecule has 30 heavy (non-hydrogen) atoms. The number of thioether (sulfide) groups is 1. The summed E-state index contributed by atoms with van der Waals surface area (Å²) in [7, 11) is 1.63. The minimum atomic E-state index is -0.960. The number of nitrogens with two attached hydrogens (primary N) is 1. The lowest BCUT2D eigenvalue weighted by Crippen LogP contribution is -2.59. The molecule has 1 saturated heterocycles. The van der Waals surface area contributed by atoms with E-state index >= 15 is 0 Å². The minimum Gasteiger partial charge on any atom is -0.497 e. The third-order valence-electron chi connectivity index (χ3n) is 6.66. The molecule has 164 valence electrons. The van der Waals surface area contributed by atoms with Gasteiger partial charge in [-0.05, 0) is 49.4 Å². The average Bonchev–Trinajstić information content (AvgIpc) is 3.09. The predicted octanol–water partition coefficient (Wildman–Crippen LogP) is 2.28. The maximum atomic E-state index is 12.1. The van der Waals surface area contributed by atoms with E-state index in [1.165, 1.54) is 31.0 Å². The molecule has 0 aromatic heterocycles. The second-order valence-corrected chi connectivity index (χ2v) is 9.77. The van der Waals surface area contributed by atoms with Crippen LogP contribution in [0.5, 0.6) is 5.75 Å². The normalized spacial score (nSPS) is 33.5. The molecule has 1 heterocycles. The molecule has 5 atom stereocenters. The molecule has 4 rings (SSSR count). The largest absolute Gasteiger partial charge is 0.497 e. The molecule has 0 bridgehead atoms. The lowest BCUT2D eigenvalue weighted by molar-refractivity contribution is -0.128. The fourth-order valence-corrected chi connectivity index (χ4v) is 6.60. The van der Waals surface area contributed by atoms with Crippen molar-refractivity contribution in [1.82, 2.24) is 4.90 Å². The van der Waals surface area contributed by atoms with E-state index in [-0.39, 0.29) is 17.7 Å². The van der Waals surface area contributed by atoms with Crippen LogP contribution in [0.15, 0.2) is 29.3 Å². The highest BCUT2D eigenvalue weighted by Gasteiger charge is 2.54. The Morgan fingerprint density at radius 1 is 1.23 bits per heavy atom. The van der Waals surface area contributed by atoms with E-state index in [9.17, 15) is 15.0 Å². The highest BCUT2D eigenvalue weighted by Crippen LogP contribution is 2.45. The molecule has 0 spiro atoms. The Balaban J connectivity index is 1.67. The second kappa shape index (κ2) is 9.16. The van der Waals surface area contributed by atoms with Crippen LogP contribution in [0.1, 0.15) is 38.5 Å². The summed E-state index contributed by atoms with van der Waals surface area (Å²) in [6.45, 7) is 0.776. The summed E-state index contributed by atoms with van der Waals surface area (Å²) in [5.41, 5.74) is 6.46. The number of fused-ring (bicyclic) bond motifs is 1. The van der Waals surface area contributed by atoms with E-state index in [0.717, 1.165) is 36.0 Å². The molecule has 3 aliphatic rings. The van der Waals surface area contributed by atoms with Gasteiger partial charge < -0.3 is 25.6 Å². The number of hydrogen-bond acceptors (Lipinski definition) is 6. The third kappa shape index (κ3) is 4.31. The number of hydrogen-bond donors (Lipinski definition) is 3. The summed E-state index contributed by atoms with van der Waals surface area (Å²) in [5, 5.41) is 21.9. The molecule has 8 heteroatoms. The summed E-state index contributed by atoms with van der Waals surface area (Å²) >= 11 is 1.51. The number of aliphatic hydroxyl groups is 2. The van der Waals surface area contributed by atoms with E-state index in [1.54, 1.807) is 7.11 Å². The Morgan fingerprint density at radius 3 is 2.57 bits per heavy atom. The van der Waals surface area contributed by atoms with Crippen molar-refractivity contribution >= 4 is 28.5 Å². The van der Waals surface area contributed by atoms with Crippen molar-refractivity contribution in [3.63, 3.8) is 0 Å². The number of methoxy groups -OCH3 is 1. The topological polar surface area (TPSA) is 108 Å². The van der Waals surface area contributed by atoms with Crippen LogP contribution in [0.2, 0.25) is 0 Å². The fraction of sp³-hybridized carbons (Fsp3) is 0.636. The van der Waals surface area contributed by atoms with Crippen LogP contribution in [0.4, 0.5) is 5.69 Å². The lowest BCUT2D eigenvalue weighted by Gasteiger charge is -2.42. The smallest absolute Gasteiger partial charge is 0.221 e. The van der Waals surface area contributed by atoms with E-state index < -0.39 is 24.0 Å². The van der Waals surface area contributed by atoms with E-state index in [2.05, 4.69) is 4.90 Å². The first kappa shape index (κ1) is 21.5. The monoisotopic (exact) mass is 433 g/mol. The molecule has 1 amide bonds. The molecule has 1 aromatic carbocycles. The molecule has 2 aliphatic carbocycles. The maximum Gasteiger partial charge on any atom is 0.221 e. The first-order valence-electron chi connectivity index (χ1n) is 10.8. The number of carbonyl (C=O) groups is 1. The van der Waals surface area contributed by atoms with Crippen molar-refractivity contribution in [2.24, 2.45) is 22.6 Å². The Bertz CT molecular complexity index is 781. The molecule has 7 nitrogen and oxygen atoms in total. The number of ether oxygens (including phenoxy) is 1. The second-order valence-electron chi connectivity index (χ2n) is 8.62. The number of amidine groups is 1. The van der Waals surface area contributed by atoms with Crippen LogP contribution in [-0.4, -0.2) is 63.3 Å². The highest BCUT2D eigenvalue weighted by molar-refractivity contribution is 8.14. The van der Waals surface area contributed by atoms with Crippen molar-refractivity contribution < 1.29 is 19.7 Å². The summed E-state index contributed by atoms with van der Waals surface area (Å²) < 4.78 is 5.23. The molecule has 3 fully saturated rings. The Labute approximate surface area is 181 Å². The minimum absolute atomic E-state index is 0.192. The fourth-order valence-electron chi connectivity index (χ4n) is 5.01. The van der Waals surface area contributed by atoms with E-state index in [0.29, 0.717) is 5.92 Å². The van der Waals surface area contributed by atoms with Crippen LogP contribution in [0, 0.1) is 11.8 Å². The summed E-state index contributed by atoms with van der Waals surface area (Å²) in [5.74, 6) is 0.373.